The summed E-state index contributed by atoms with van der Waals surface area (Å²) in [5.41, 5.74) is 3.27. The first kappa shape index (κ1) is 18.5. The molecule has 3 aromatic carbocycles. The summed E-state index contributed by atoms with van der Waals surface area (Å²) >= 11 is 6.27. The quantitative estimate of drug-likeness (QED) is 0.579. The van der Waals surface area contributed by atoms with Gasteiger partial charge in [-0.2, -0.15) is 0 Å². The fourth-order valence-corrected chi connectivity index (χ4v) is 4.64. The van der Waals surface area contributed by atoms with Gasteiger partial charge in [-0.1, -0.05) is 41.9 Å². The second kappa shape index (κ2) is 6.95. The van der Waals surface area contributed by atoms with Crippen LogP contribution in [0.3, 0.4) is 0 Å². The smallest absolute Gasteiger partial charge is 0.303 e. The van der Waals surface area contributed by atoms with Gasteiger partial charge in [0.05, 0.1) is 0 Å². The van der Waals surface area contributed by atoms with Gasteiger partial charge in [0.25, 0.3) is 0 Å². The molecule has 1 aliphatic rings. The van der Waals surface area contributed by atoms with Crippen molar-refractivity contribution < 1.29 is 19.8 Å². The van der Waals surface area contributed by atoms with Crippen LogP contribution in [0, 0.1) is 0 Å². The molecular formula is C23H19ClO4. The number of carboxylic acid groups (broad SMARTS) is 2. The standard InChI is InChI=1S/C23H19ClO4/c24-16-5-6-19-18(13-16)17-11-14-3-1-2-4-15(14)12-20(17)23(19,9-7-21(25)26)10-8-22(27)28/h1-6,11-13H,7-10H2,(H,25,26)(H,27,28). The zero-order valence-corrected chi connectivity index (χ0v) is 15.9. The Labute approximate surface area is 167 Å². The number of rotatable bonds is 6. The van der Waals surface area contributed by atoms with Crippen LogP contribution < -0.4 is 0 Å². The average molecular weight is 395 g/mol. The maximum absolute atomic E-state index is 11.4. The number of halogens is 1. The van der Waals surface area contributed by atoms with E-state index in [9.17, 15) is 19.8 Å². The molecule has 5 heteroatoms. The first-order valence-corrected chi connectivity index (χ1v) is 9.56. The van der Waals surface area contributed by atoms with Gasteiger partial charge in [-0.05, 0) is 70.1 Å². The Bertz CT molecular complexity index is 1080. The largest absolute Gasteiger partial charge is 0.481 e. The van der Waals surface area contributed by atoms with Crippen molar-refractivity contribution in [1.82, 2.24) is 0 Å². The van der Waals surface area contributed by atoms with Crippen LogP contribution in [0.15, 0.2) is 54.6 Å². The van der Waals surface area contributed by atoms with Gasteiger partial charge in [0.2, 0.25) is 0 Å². The molecule has 0 amide bonds. The van der Waals surface area contributed by atoms with Crippen molar-refractivity contribution in [2.45, 2.75) is 31.1 Å². The van der Waals surface area contributed by atoms with E-state index in [-0.39, 0.29) is 12.8 Å². The molecule has 0 aliphatic heterocycles. The molecule has 0 aromatic heterocycles. The van der Waals surface area contributed by atoms with Gasteiger partial charge < -0.3 is 10.2 Å². The predicted octanol–water partition coefficient (Wildman–Crippen LogP) is 5.49. The van der Waals surface area contributed by atoms with E-state index < -0.39 is 17.4 Å². The third kappa shape index (κ3) is 3.04. The number of aliphatic carboxylic acids is 2. The van der Waals surface area contributed by atoms with Crippen molar-refractivity contribution in [3.8, 4) is 11.1 Å². The summed E-state index contributed by atoms with van der Waals surface area (Å²) in [4.78, 5) is 22.8. The number of benzene rings is 3. The van der Waals surface area contributed by atoms with E-state index in [1.807, 2.05) is 36.4 Å². The van der Waals surface area contributed by atoms with E-state index in [2.05, 4.69) is 12.1 Å². The lowest BCUT2D eigenvalue weighted by atomic mass is 9.71. The van der Waals surface area contributed by atoms with E-state index >= 15 is 0 Å². The van der Waals surface area contributed by atoms with Crippen LogP contribution in [0.25, 0.3) is 21.9 Å². The van der Waals surface area contributed by atoms with E-state index in [4.69, 9.17) is 11.6 Å². The number of hydrogen-bond donors (Lipinski definition) is 2. The number of carboxylic acids is 2. The van der Waals surface area contributed by atoms with Crippen LogP contribution in [0.5, 0.6) is 0 Å². The van der Waals surface area contributed by atoms with E-state index in [1.165, 1.54) is 0 Å². The Balaban J connectivity index is 2.00. The average Bonchev–Trinajstić information content (AvgIpc) is 2.92. The van der Waals surface area contributed by atoms with Crippen molar-refractivity contribution in [1.29, 1.82) is 0 Å². The van der Waals surface area contributed by atoms with Crippen LogP contribution >= 0.6 is 11.6 Å². The summed E-state index contributed by atoms with van der Waals surface area (Å²) < 4.78 is 0. The SMILES string of the molecule is O=C(O)CCC1(CCC(=O)O)c2ccc(Cl)cc2-c2cc3ccccc3cc21. The van der Waals surface area contributed by atoms with Gasteiger partial charge >= 0.3 is 11.9 Å². The summed E-state index contributed by atoms with van der Waals surface area (Å²) in [6.45, 7) is 0. The molecule has 4 rings (SSSR count). The third-order valence-corrected chi connectivity index (χ3v) is 5.96. The molecule has 0 saturated heterocycles. The highest BCUT2D eigenvalue weighted by atomic mass is 35.5. The minimum atomic E-state index is -0.889. The van der Waals surface area contributed by atoms with Crippen LogP contribution in [-0.4, -0.2) is 22.2 Å². The molecule has 0 saturated carbocycles. The first-order valence-electron chi connectivity index (χ1n) is 9.18. The Morgan fingerprint density at radius 1 is 0.786 bits per heavy atom. The van der Waals surface area contributed by atoms with Gasteiger partial charge in [-0.25, -0.2) is 0 Å². The van der Waals surface area contributed by atoms with Crippen molar-refractivity contribution in [3.05, 3.63) is 70.7 Å². The van der Waals surface area contributed by atoms with Gasteiger partial charge in [0.15, 0.2) is 0 Å². The molecule has 142 valence electrons. The monoisotopic (exact) mass is 394 g/mol. The summed E-state index contributed by atoms with van der Waals surface area (Å²) in [5, 5.41) is 21.4. The minimum absolute atomic E-state index is 0.0338. The normalized spacial score (nSPS) is 13.9. The van der Waals surface area contributed by atoms with Crippen LogP contribution in [0.4, 0.5) is 0 Å². The highest BCUT2D eigenvalue weighted by molar-refractivity contribution is 6.31. The molecule has 2 N–H and O–H groups in total. The number of hydrogen-bond acceptors (Lipinski definition) is 2. The lowest BCUT2D eigenvalue weighted by Crippen LogP contribution is -2.27. The Morgan fingerprint density at radius 2 is 1.36 bits per heavy atom. The Hall–Kier alpha value is -2.85. The third-order valence-electron chi connectivity index (χ3n) is 5.72. The van der Waals surface area contributed by atoms with Gasteiger partial charge in [0.1, 0.15) is 0 Å². The molecule has 0 atom stereocenters. The molecule has 28 heavy (non-hydrogen) atoms. The molecule has 3 aromatic rings. The number of carbonyl (C=O) groups is 2. The Kier molecular flexibility index (Phi) is 4.60. The molecule has 0 spiro atoms. The Morgan fingerprint density at radius 3 is 1.96 bits per heavy atom. The van der Waals surface area contributed by atoms with E-state index in [1.54, 1.807) is 6.07 Å². The van der Waals surface area contributed by atoms with Crippen molar-refractivity contribution in [2.24, 2.45) is 0 Å². The fraction of sp³-hybridized carbons (Fsp3) is 0.217. The molecule has 0 fully saturated rings. The lowest BCUT2D eigenvalue weighted by molar-refractivity contribution is -0.137. The zero-order chi connectivity index (χ0) is 19.9. The molecule has 1 aliphatic carbocycles. The topological polar surface area (TPSA) is 74.6 Å². The lowest BCUT2D eigenvalue weighted by Gasteiger charge is -2.31. The highest BCUT2D eigenvalue weighted by Gasteiger charge is 2.43. The summed E-state index contributed by atoms with van der Waals surface area (Å²) in [6, 6.07) is 17.8. The summed E-state index contributed by atoms with van der Waals surface area (Å²) in [5.74, 6) is -1.78. The van der Waals surface area contributed by atoms with Crippen LogP contribution in [-0.2, 0) is 15.0 Å². The van der Waals surface area contributed by atoms with E-state index in [0.29, 0.717) is 17.9 Å². The molecule has 0 unspecified atom stereocenters. The maximum Gasteiger partial charge on any atom is 0.303 e. The van der Waals surface area contributed by atoms with Crippen LogP contribution in [0.2, 0.25) is 5.02 Å². The molecule has 0 radical (unpaired) electrons. The van der Waals surface area contributed by atoms with Crippen molar-refractivity contribution in [2.75, 3.05) is 0 Å². The molecule has 0 bridgehead atoms. The minimum Gasteiger partial charge on any atom is -0.481 e. The van der Waals surface area contributed by atoms with Gasteiger partial charge in [0, 0.05) is 23.3 Å². The molecule has 0 heterocycles. The first-order chi connectivity index (χ1) is 13.4. The zero-order valence-electron chi connectivity index (χ0n) is 15.1. The van der Waals surface area contributed by atoms with Crippen molar-refractivity contribution in [3.63, 3.8) is 0 Å². The summed E-state index contributed by atoms with van der Waals surface area (Å²) in [6.07, 6.45) is 0.618. The second-order valence-corrected chi connectivity index (χ2v) is 7.74. The van der Waals surface area contributed by atoms with Gasteiger partial charge in [-0.15, -0.1) is 0 Å². The fourth-order valence-electron chi connectivity index (χ4n) is 4.47. The van der Waals surface area contributed by atoms with E-state index in [0.717, 1.165) is 33.0 Å². The molecular weight excluding hydrogens is 376 g/mol. The van der Waals surface area contributed by atoms with Gasteiger partial charge in [-0.3, -0.25) is 9.59 Å². The number of fused-ring (bicyclic) bond motifs is 4. The molecule has 4 nitrogen and oxygen atoms in total. The predicted molar refractivity (Wildman–Crippen MR) is 109 cm³/mol. The second-order valence-electron chi connectivity index (χ2n) is 7.30. The highest BCUT2D eigenvalue weighted by Crippen LogP contribution is 2.55. The summed E-state index contributed by atoms with van der Waals surface area (Å²) in [7, 11) is 0. The maximum atomic E-state index is 11.4. The van der Waals surface area contributed by atoms with Crippen molar-refractivity contribution >= 4 is 34.3 Å². The van der Waals surface area contributed by atoms with Crippen LogP contribution in [0.1, 0.15) is 36.8 Å².